The number of nitrogens with two attached hydrogens (primary N) is 1. The number of nitrogen functional groups attached to an aromatic ring is 1. The molecule has 2 aromatic heterocycles. The summed E-state index contributed by atoms with van der Waals surface area (Å²) in [5, 5.41) is 4.16. The third-order valence-corrected chi connectivity index (χ3v) is 2.46. The smallest absolute Gasteiger partial charge is 0.177 e. The fraction of sp³-hybridized carbons (Fsp3) is 0. The molecule has 0 amide bonds. The van der Waals surface area contributed by atoms with Gasteiger partial charge >= 0.3 is 0 Å². The molecule has 0 atom stereocenters. The van der Waals surface area contributed by atoms with Crippen LogP contribution in [0.5, 0.6) is 0 Å². The van der Waals surface area contributed by atoms with E-state index in [2.05, 4.69) is 10.1 Å². The molecule has 0 radical (unpaired) electrons. The lowest BCUT2D eigenvalue weighted by molar-refractivity contribution is 0.938. The zero-order valence-corrected chi connectivity index (χ0v) is 8.54. The first kappa shape index (κ1) is 8.91. The Morgan fingerprint density at radius 1 is 1.06 bits per heavy atom. The molecule has 16 heavy (non-hydrogen) atoms. The zero-order valence-electron chi connectivity index (χ0n) is 8.54. The molecule has 0 saturated heterocycles. The lowest BCUT2D eigenvalue weighted by Crippen LogP contribution is -1.94. The van der Waals surface area contributed by atoms with Crippen LogP contribution in [0.25, 0.3) is 16.9 Å². The van der Waals surface area contributed by atoms with Gasteiger partial charge in [0.1, 0.15) is 0 Å². The van der Waals surface area contributed by atoms with Gasteiger partial charge < -0.3 is 5.73 Å². The van der Waals surface area contributed by atoms with Gasteiger partial charge in [-0.1, -0.05) is 30.3 Å². The molecule has 2 N–H and O–H groups in total. The van der Waals surface area contributed by atoms with Crippen molar-refractivity contribution < 1.29 is 0 Å². The van der Waals surface area contributed by atoms with E-state index in [1.54, 1.807) is 16.8 Å². The van der Waals surface area contributed by atoms with Crippen LogP contribution < -0.4 is 5.73 Å². The normalized spacial score (nSPS) is 10.8. The highest BCUT2D eigenvalue weighted by Crippen LogP contribution is 2.20. The fourth-order valence-electron chi connectivity index (χ4n) is 1.66. The van der Waals surface area contributed by atoms with Crippen LogP contribution >= 0.6 is 0 Å². The predicted molar refractivity (Wildman–Crippen MR) is 62.8 cm³/mol. The Balaban J connectivity index is 2.23. The van der Waals surface area contributed by atoms with E-state index in [1.165, 1.54) is 0 Å². The molecule has 0 aliphatic heterocycles. The number of nitrogens with zero attached hydrogens (tertiary/aromatic N) is 3. The molecule has 3 aromatic rings. The number of imidazole rings is 1. The molecule has 0 unspecified atom stereocenters. The van der Waals surface area contributed by atoms with Crippen molar-refractivity contribution in [1.82, 2.24) is 14.6 Å². The summed E-state index contributed by atoms with van der Waals surface area (Å²) >= 11 is 0. The Hall–Kier alpha value is -2.36. The van der Waals surface area contributed by atoms with Crippen LogP contribution in [0.1, 0.15) is 0 Å². The molecule has 0 spiro atoms. The molecular formula is C12H10N4. The fourth-order valence-corrected chi connectivity index (χ4v) is 1.66. The molecule has 0 fully saturated rings. The van der Waals surface area contributed by atoms with Gasteiger partial charge in [0.2, 0.25) is 0 Å². The van der Waals surface area contributed by atoms with E-state index in [-0.39, 0.29) is 0 Å². The van der Waals surface area contributed by atoms with Crippen LogP contribution in [0.4, 0.5) is 5.69 Å². The van der Waals surface area contributed by atoms with Gasteiger partial charge in [-0.05, 0) is 6.07 Å². The van der Waals surface area contributed by atoms with Gasteiger partial charge in [0.15, 0.2) is 5.65 Å². The first-order chi connectivity index (χ1) is 7.84. The highest BCUT2D eigenvalue weighted by molar-refractivity contribution is 5.69. The summed E-state index contributed by atoms with van der Waals surface area (Å²) in [5.41, 5.74) is 9.10. The molecule has 0 saturated carbocycles. The van der Waals surface area contributed by atoms with E-state index in [1.807, 2.05) is 36.5 Å². The third kappa shape index (κ3) is 1.32. The van der Waals surface area contributed by atoms with Crippen molar-refractivity contribution in [3.8, 4) is 11.3 Å². The van der Waals surface area contributed by atoms with Crippen molar-refractivity contribution in [3.05, 3.63) is 48.8 Å². The third-order valence-electron chi connectivity index (χ3n) is 2.46. The highest BCUT2D eigenvalue weighted by Gasteiger charge is 2.06. The summed E-state index contributed by atoms with van der Waals surface area (Å²) < 4.78 is 1.69. The standard InChI is InChI=1S/C12H10N4/c13-10-6-7-14-16-8-11(15-12(10)16)9-4-2-1-3-5-9/h1-8H,13H2. The van der Waals surface area contributed by atoms with Crippen molar-refractivity contribution in [2.24, 2.45) is 0 Å². The van der Waals surface area contributed by atoms with Crippen molar-refractivity contribution in [2.45, 2.75) is 0 Å². The molecule has 0 bridgehead atoms. The van der Waals surface area contributed by atoms with E-state index in [9.17, 15) is 0 Å². The summed E-state index contributed by atoms with van der Waals surface area (Å²) in [6.45, 7) is 0. The van der Waals surface area contributed by atoms with Crippen molar-refractivity contribution >= 4 is 11.3 Å². The molecule has 2 heterocycles. The number of rotatable bonds is 1. The van der Waals surface area contributed by atoms with Gasteiger partial charge in [-0.2, -0.15) is 5.10 Å². The van der Waals surface area contributed by atoms with Crippen LogP contribution in [0.15, 0.2) is 48.8 Å². The van der Waals surface area contributed by atoms with Crippen molar-refractivity contribution in [1.29, 1.82) is 0 Å². The lowest BCUT2D eigenvalue weighted by atomic mass is 10.2. The van der Waals surface area contributed by atoms with E-state index >= 15 is 0 Å². The van der Waals surface area contributed by atoms with E-state index < -0.39 is 0 Å². The average molecular weight is 210 g/mol. The Kier molecular flexibility index (Phi) is 1.86. The first-order valence-electron chi connectivity index (χ1n) is 5.00. The molecule has 3 rings (SSSR count). The number of hydrogen-bond acceptors (Lipinski definition) is 3. The maximum atomic E-state index is 5.82. The Morgan fingerprint density at radius 3 is 2.62 bits per heavy atom. The van der Waals surface area contributed by atoms with Gasteiger partial charge in [-0.25, -0.2) is 9.50 Å². The van der Waals surface area contributed by atoms with Gasteiger partial charge in [0.25, 0.3) is 0 Å². The second-order valence-corrected chi connectivity index (χ2v) is 3.55. The van der Waals surface area contributed by atoms with Crippen molar-refractivity contribution in [3.63, 3.8) is 0 Å². The van der Waals surface area contributed by atoms with Crippen LogP contribution in [-0.4, -0.2) is 14.6 Å². The van der Waals surface area contributed by atoms with E-state index in [4.69, 9.17) is 5.73 Å². The minimum Gasteiger partial charge on any atom is -0.396 e. The largest absolute Gasteiger partial charge is 0.396 e. The number of fused-ring (bicyclic) bond motifs is 1. The highest BCUT2D eigenvalue weighted by atomic mass is 15.2. The summed E-state index contributed by atoms with van der Waals surface area (Å²) in [6, 6.07) is 11.7. The SMILES string of the molecule is Nc1ccnn2cc(-c3ccccc3)nc12. The molecule has 0 aliphatic carbocycles. The average Bonchev–Trinajstić information content (AvgIpc) is 2.76. The van der Waals surface area contributed by atoms with E-state index in [0.717, 1.165) is 11.3 Å². The van der Waals surface area contributed by atoms with Gasteiger partial charge in [0, 0.05) is 5.56 Å². The van der Waals surface area contributed by atoms with Gasteiger partial charge in [-0.15, -0.1) is 0 Å². The predicted octanol–water partition coefficient (Wildman–Crippen LogP) is 1.98. The van der Waals surface area contributed by atoms with Crippen LogP contribution in [0.3, 0.4) is 0 Å². The number of aromatic nitrogens is 3. The van der Waals surface area contributed by atoms with E-state index in [0.29, 0.717) is 11.3 Å². The molecular weight excluding hydrogens is 200 g/mol. The minimum atomic E-state index is 0.636. The zero-order chi connectivity index (χ0) is 11.0. The number of benzene rings is 1. The summed E-state index contributed by atoms with van der Waals surface area (Å²) in [5.74, 6) is 0. The molecule has 78 valence electrons. The maximum absolute atomic E-state index is 5.82. The monoisotopic (exact) mass is 210 g/mol. The summed E-state index contributed by atoms with van der Waals surface area (Å²) in [6.07, 6.45) is 3.54. The van der Waals surface area contributed by atoms with Crippen LogP contribution in [0, 0.1) is 0 Å². The number of anilines is 1. The summed E-state index contributed by atoms with van der Waals surface area (Å²) in [7, 11) is 0. The van der Waals surface area contributed by atoms with Gasteiger partial charge in [-0.3, -0.25) is 0 Å². The van der Waals surface area contributed by atoms with Crippen LogP contribution in [0.2, 0.25) is 0 Å². The molecule has 1 aromatic carbocycles. The summed E-state index contributed by atoms with van der Waals surface area (Å²) in [4.78, 5) is 4.46. The first-order valence-corrected chi connectivity index (χ1v) is 5.00. The lowest BCUT2D eigenvalue weighted by Gasteiger charge is -1.93. The molecule has 4 heteroatoms. The van der Waals surface area contributed by atoms with Gasteiger partial charge in [0.05, 0.1) is 23.8 Å². The quantitative estimate of drug-likeness (QED) is 0.668. The topological polar surface area (TPSA) is 56.2 Å². The number of hydrogen-bond donors (Lipinski definition) is 1. The molecule has 4 nitrogen and oxygen atoms in total. The molecule has 0 aliphatic rings. The minimum absolute atomic E-state index is 0.636. The Morgan fingerprint density at radius 2 is 1.88 bits per heavy atom. The second-order valence-electron chi connectivity index (χ2n) is 3.55. The van der Waals surface area contributed by atoms with Crippen molar-refractivity contribution in [2.75, 3.05) is 5.73 Å². The van der Waals surface area contributed by atoms with Crippen LogP contribution in [-0.2, 0) is 0 Å². The Labute approximate surface area is 92.4 Å². The second kappa shape index (κ2) is 3.34. The Bertz CT molecular complexity index is 628. The maximum Gasteiger partial charge on any atom is 0.177 e.